The van der Waals surface area contributed by atoms with Crippen molar-refractivity contribution in [2.45, 2.75) is 110 Å². The number of unbranched alkanes of at least 4 members (excludes halogenated alkanes) is 2. The van der Waals surface area contributed by atoms with Gasteiger partial charge >= 0.3 is 6.85 Å². The monoisotopic (exact) mass is 744 g/mol. The minimum Gasteiger partial charge on any atom is -0.466 e. The third kappa shape index (κ3) is 4.92. The normalized spacial score (nSPS) is 16.4. The Hall–Kier alpha value is -5.22. The number of aromatic nitrogens is 1. The van der Waals surface area contributed by atoms with Crippen molar-refractivity contribution in [3.05, 3.63) is 125 Å². The summed E-state index contributed by atoms with van der Waals surface area (Å²) >= 11 is 0. The highest BCUT2D eigenvalue weighted by Crippen LogP contribution is 2.52. The lowest BCUT2D eigenvalue weighted by atomic mass is 9.46. The van der Waals surface area contributed by atoms with Gasteiger partial charge in [-0.05, 0) is 128 Å². The van der Waals surface area contributed by atoms with E-state index in [9.17, 15) is 0 Å². The molecule has 6 aromatic carbocycles. The Balaban J connectivity index is 1.31. The molecule has 2 aromatic heterocycles. The smallest absolute Gasteiger partial charge is 0.375 e. The van der Waals surface area contributed by atoms with Gasteiger partial charge in [-0.3, -0.25) is 0 Å². The predicted octanol–water partition coefficient (Wildman–Crippen LogP) is 13.3. The number of fused-ring (bicyclic) bond motifs is 12. The molecule has 0 unspecified atom stereocenters. The van der Waals surface area contributed by atoms with Crippen LogP contribution in [0.15, 0.2) is 108 Å². The number of hydrogen-bond donors (Lipinski definition) is 0. The summed E-state index contributed by atoms with van der Waals surface area (Å²) in [5.74, 6) is 0. The van der Waals surface area contributed by atoms with E-state index >= 15 is 0 Å². The SMILES string of the molecule is CCCCCc1ccc(N2B3c4oc5cc6c(cc5c4-n4c5cc7ccccc7cc5c5c(C(C)(C)C)cc(c3c54)-c3ccccc32)C(C)(C)CCC6(C)C)cc1. The van der Waals surface area contributed by atoms with Gasteiger partial charge in [0.1, 0.15) is 11.2 Å². The molecule has 3 nitrogen and oxygen atoms in total. The van der Waals surface area contributed by atoms with Gasteiger partial charge < -0.3 is 13.8 Å². The Morgan fingerprint density at radius 3 is 2.12 bits per heavy atom. The van der Waals surface area contributed by atoms with Crippen LogP contribution in [0.25, 0.3) is 60.4 Å². The number of rotatable bonds is 5. The highest BCUT2D eigenvalue weighted by Gasteiger charge is 2.49. The summed E-state index contributed by atoms with van der Waals surface area (Å²) in [4.78, 5) is 2.61. The minimum atomic E-state index is -0.149. The Bertz CT molecular complexity index is 2970. The van der Waals surface area contributed by atoms with E-state index in [-0.39, 0.29) is 23.1 Å². The van der Waals surface area contributed by atoms with Crippen LogP contribution < -0.4 is 15.9 Å². The maximum absolute atomic E-state index is 7.50. The van der Waals surface area contributed by atoms with Crippen molar-refractivity contribution in [3.63, 3.8) is 0 Å². The molecule has 0 fully saturated rings. The van der Waals surface area contributed by atoms with Crippen molar-refractivity contribution >= 4 is 72.9 Å². The molecule has 0 saturated carbocycles. The Labute approximate surface area is 337 Å². The third-order valence-electron chi connectivity index (χ3n) is 14.1. The summed E-state index contributed by atoms with van der Waals surface area (Å²) < 4.78 is 10.1. The Morgan fingerprint density at radius 2 is 1.40 bits per heavy atom. The van der Waals surface area contributed by atoms with E-state index in [0.717, 1.165) is 17.7 Å². The molecule has 4 heterocycles. The van der Waals surface area contributed by atoms with E-state index in [1.54, 1.807) is 0 Å². The maximum atomic E-state index is 7.50. The minimum absolute atomic E-state index is 0.0707. The van der Waals surface area contributed by atoms with Crippen LogP contribution in [0, 0.1) is 0 Å². The first-order valence-corrected chi connectivity index (χ1v) is 21.5. The highest BCUT2D eigenvalue weighted by molar-refractivity contribution is 6.93. The fourth-order valence-corrected chi connectivity index (χ4v) is 10.9. The van der Waals surface area contributed by atoms with Crippen LogP contribution in [0.2, 0.25) is 0 Å². The summed E-state index contributed by atoms with van der Waals surface area (Å²) in [6.45, 7) is 19.0. The van der Waals surface area contributed by atoms with Crippen LogP contribution >= 0.6 is 0 Å². The first kappa shape index (κ1) is 35.0. The standard InChI is InChI=1S/C53H53BN2O/c1-9-10-11-16-32-21-23-35(24-22-32)56-43-20-15-14-19-36(43)37-29-42(51(2,3)4)46-38-27-33-17-12-13-18-34(33)28-44(38)55-48-39-30-40-41(53(7,8)26-25-52(40,5)6)31-45(39)57-50(48)54(56)47(37)49(46)55/h12-15,17-24,27-31H,9-11,16,25-26H2,1-8H3. The van der Waals surface area contributed by atoms with E-state index in [1.165, 1.54) is 126 Å². The zero-order valence-corrected chi connectivity index (χ0v) is 34.9. The molecule has 0 saturated heterocycles. The van der Waals surface area contributed by atoms with Gasteiger partial charge in [0.25, 0.3) is 0 Å². The lowest BCUT2D eigenvalue weighted by Gasteiger charge is -2.41. The highest BCUT2D eigenvalue weighted by atomic mass is 16.3. The Morgan fingerprint density at radius 1 is 0.719 bits per heavy atom. The van der Waals surface area contributed by atoms with Crippen LogP contribution in [-0.2, 0) is 22.7 Å². The summed E-state index contributed by atoms with van der Waals surface area (Å²) in [7, 11) is 0. The van der Waals surface area contributed by atoms with Crippen molar-refractivity contribution in [1.29, 1.82) is 0 Å². The zero-order chi connectivity index (χ0) is 39.2. The summed E-state index contributed by atoms with van der Waals surface area (Å²) in [5, 5.41) is 6.45. The van der Waals surface area contributed by atoms with Crippen molar-refractivity contribution < 1.29 is 4.42 Å². The first-order chi connectivity index (χ1) is 27.4. The lowest BCUT2D eigenvalue weighted by molar-refractivity contribution is 0.332. The van der Waals surface area contributed by atoms with Crippen LogP contribution in [0.1, 0.15) is 110 Å². The van der Waals surface area contributed by atoms with E-state index < -0.39 is 0 Å². The number of nitrogens with zero attached hydrogens (tertiary/aromatic N) is 2. The van der Waals surface area contributed by atoms with Gasteiger partial charge in [-0.2, -0.15) is 0 Å². The molecular weight excluding hydrogens is 691 g/mol. The molecule has 2 aliphatic heterocycles. The van der Waals surface area contributed by atoms with Gasteiger partial charge in [0, 0.05) is 33.1 Å². The number of benzene rings is 6. The molecule has 0 amide bonds. The molecule has 0 radical (unpaired) electrons. The topological polar surface area (TPSA) is 21.3 Å². The number of hydrogen-bond acceptors (Lipinski definition) is 2. The van der Waals surface area contributed by atoms with Gasteiger partial charge in [-0.15, -0.1) is 0 Å². The van der Waals surface area contributed by atoms with E-state index in [2.05, 4.69) is 168 Å². The molecule has 0 N–H and O–H groups in total. The van der Waals surface area contributed by atoms with Gasteiger partial charge in [0.05, 0.1) is 16.7 Å². The molecule has 57 heavy (non-hydrogen) atoms. The average molecular weight is 745 g/mol. The lowest BCUT2D eigenvalue weighted by Crippen LogP contribution is -2.60. The Kier molecular flexibility index (Phi) is 7.31. The van der Waals surface area contributed by atoms with Gasteiger partial charge in [-0.25, -0.2) is 0 Å². The van der Waals surface area contributed by atoms with E-state index in [1.807, 2.05) is 0 Å². The second-order valence-corrected chi connectivity index (χ2v) is 19.8. The predicted molar refractivity (Wildman–Crippen MR) is 244 cm³/mol. The van der Waals surface area contributed by atoms with E-state index in [4.69, 9.17) is 4.42 Å². The fourth-order valence-electron chi connectivity index (χ4n) is 10.9. The van der Waals surface area contributed by atoms with Gasteiger partial charge in [-0.1, -0.05) is 129 Å². The van der Waals surface area contributed by atoms with Crippen LogP contribution in [0.3, 0.4) is 0 Å². The maximum Gasteiger partial charge on any atom is 0.375 e. The van der Waals surface area contributed by atoms with Crippen molar-refractivity contribution in [3.8, 4) is 16.8 Å². The number of furan rings is 1. The largest absolute Gasteiger partial charge is 0.466 e. The molecular formula is C53H53BN2O. The summed E-state index contributed by atoms with van der Waals surface area (Å²) in [6, 6.07) is 39.9. The second kappa shape index (κ2) is 11.9. The van der Waals surface area contributed by atoms with Crippen LogP contribution in [-0.4, -0.2) is 11.4 Å². The second-order valence-electron chi connectivity index (χ2n) is 19.8. The van der Waals surface area contributed by atoms with Crippen molar-refractivity contribution in [2.75, 3.05) is 4.81 Å². The molecule has 0 bridgehead atoms. The molecule has 0 spiro atoms. The van der Waals surface area contributed by atoms with Crippen LogP contribution in [0.4, 0.5) is 11.4 Å². The van der Waals surface area contributed by atoms with Gasteiger partial charge in [0.15, 0.2) is 0 Å². The third-order valence-corrected chi connectivity index (χ3v) is 14.1. The molecule has 4 heteroatoms. The molecule has 8 aromatic rings. The molecule has 1 aliphatic carbocycles. The van der Waals surface area contributed by atoms with Gasteiger partial charge in [0.2, 0.25) is 0 Å². The molecule has 3 aliphatic rings. The van der Waals surface area contributed by atoms with Crippen molar-refractivity contribution in [2.24, 2.45) is 0 Å². The molecule has 11 rings (SSSR count). The van der Waals surface area contributed by atoms with Crippen LogP contribution in [0.5, 0.6) is 0 Å². The van der Waals surface area contributed by atoms with Crippen molar-refractivity contribution in [1.82, 2.24) is 4.57 Å². The summed E-state index contributed by atoms with van der Waals surface area (Å²) in [6.07, 6.45) is 7.19. The van der Waals surface area contributed by atoms with E-state index in [0.29, 0.717) is 0 Å². The average Bonchev–Trinajstić information content (AvgIpc) is 3.73. The molecule has 284 valence electrons. The fraction of sp³-hybridized carbons (Fsp3) is 0.321. The zero-order valence-electron chi connectivity index (χ0n) is 34.9. The number of aryl methyl sites for hydroxylation is 1. The number of para-hydroxylation sites is 1. The quantitative estimate of drug-likeness (QED) is 0.129. The summed E-state index contributed by atoms with van der Waals surface area (Å²) in [5.41, 5.74) is 18.0. The molecule has 0 atom stereocenters. The number of anilines is 2. The first-order valence-electron chi connectivity index (χ1n) is 21.5.